The minimum absolute atomic E-state index is 0.339. The van der Waals surface area contributed by atoms with Crippen LogP contribution in [-0.2, 0) is 0 Å². The van der Waals surface area contributed by atoms with Crippen LogP contribution >= 0.6 is 0 Å². The summed E-state index contributed by atoms with van der Waals surface area (Å²) in [4.78, 5) is 3.78. The molecule has 0 spiro atoms. The van der Waals surface area contributed by atoms with Gasteiger partial charge in [-0.2, -0.15) is 13.2 Å². The van der Waals surface area contributed by atoms with Gasteiger partial charge in [0.2, 0.25) is 5.83 Å². The fraction of sp³-hybridized carbons (Fsp3) is 0. The fourth-order valence-corrected chi connectivity index (χ4v) is 1.29. The molecule has 0 saturated heterocycles. The molecule has 2 rings (SSSR count). The minimum atomic E-state index is -2.35. The zero-order valence-corrected chi connectivity index (χ0v) is 7.55. The van der Waals surface area contributed by atoms with Gasteiger partial charge in [0.1, 0.15) is 5.69 Å². The van der Waals surface area contributed by atoms with Crippen LogP contribution in [0, 0.1) is 0 Å². The van der Waals surface area contributed by atoms with Gasteiger partial charge in [0.25, 0.3) is 0 Å². The predicted octanol–water partition coefficient (Wildman–Crippen LogP) is 3.77. The standard InChI is InChI=1S/C11H6F3N/c12-10(11(13)14)9-6-5-7-3-1-2-4-8(7)15-9/h1-6H. The lowest BCUT2D eigenvalue weighted by Gasteiger charge is -1.99. The molecule has 15 heavy (non-hydrogen) atoms. The van der Waals surface area contributed by atoms with Gasteiger partial charge in [-0.05, 0) is 12.1 Å². The number of halogens is 3. The van der Waals surface area contributed by atoms with E-state index in [0.717, 1.165) is 5.39 Å². The molecule has 0 aliphatic heterocycles. The second-order valence-electron chi connectivity index (χ2n) is 2.96. The van der Waals surface area contributed by atoms with Gasteiger partial charge in [-0.1, -0.05) is 24.3 Å². The fourth-order valence-electron chi connectivity index (χ4n) is 1.29. The first-order chi connectivity index (χ1) is 7.18. The summed E-state index contributed by atoms with van der Waals surface area (Å²) in [6, 6.07) is 9.72. The normalized spacial score (nSPS) is 10.3. The Morgan fingerprint density at radius 1 is 0.933 bits per heavy atom. The van der Waals surface area contributed by atoms with Crippen LogP contribution in [0.2, 0.25) is 0 Å². The molecule has 0 unspecified atom stereocenters. The van der Waals surface area contributed by atoms with Gasteiger partial charge in [-0.15, -0.1) is 0 Å². The number of benzene rings is 1. The number of hydrogen-bond acceptors (Lipinski definition) is 1. The molecule has 1 aromatic carbocycles. The first-order valence-corrected chi connectivity index (χ1v) is 4.25. The zero-order chi connectivity index (χ0) is 10.8. The molecule has 0 N–H and O–H groups in total. The number of nitrogens with zero attached hydrogens (tertiary/aromatic N) is 1. The van der Waals surface area contributed by atoms with Crippen molar-refractivity contribution in [3.63, 3.8) is 0 Å². The first kappa shape index (κ1) is 9.71. The average Bonchev–Trinajstić information content (AvgIpc) is 2.27. The molecule has 1 heterocycles. The summed E-state index contributed by atoms with van der Waals surface area (Å²) in [5.41, 5.74) is 0.153. The van der Waals surface area contributed by atoms with Crippen molar-refractivity contribution in [3.8, 4) is 0 Å². The highest BCUT2D eigenvalue weighted by Gasteiger charge is 2.09. The lowest BCUT2D eigenvalue weighted by atomic mass is 10.2. The molecule has 4 heteroatoms. The molecule has 0 atom stereocenters. The van der Waals surface area contributed by atoms with E-state index in [0.29, 0.717) is 5.52 Å². The highest BCUT2D eigenvalue weighted by atomic mass is 19.3. The van der Waals surface area contributed by atoms with Crippen LogP contribution in [-0.4, -0.2) is 4.98 Å². The Balaban J connectivity index is 2.62. The third-order valence-corrected chi connectivity index (χ3v) is 1.99. The van der Waals surface area contributed by atoms with E-state index < -0.39 is 11.9 Å². The number of aromatic nitrogens is 1. The Bertz CT molecular complexity index is 530. The Labute approximate surface area is 83.9 Å². The molecule has 0 aliphatic rings. The molecule has 0 bridgehead atoms. The van der Waals surface area contributed by atoms with Crippen LogP contribution in [0.5, 0.6) is 0 Å². The van der Waals surface area contributed by atoms with Gasteiger partial charge in [0.05, 0.1) is 5.52 Å². The van der Waals surface area contributed by atoms with Crippen molar-refractivity contribution < 1.29 is 13.2 Å². The van der Waals surface area contributed by atoms with Crippen molar-refractivity contribution >= 4 is 16.7 Å². The van der Waals surface area contributed by atoms with E-state index in [1.165, 1.54) is 6.07 Å². The molecular formula is C11H6F3N. The van der Waals surface area contributed by atoms with Crippen molar-refractivity contribution in [1.29, 1.82) is 0 Å². The SMILES string of the molecule is FC(F)=C(F)c1ccc2ccccc2n1. The molecule has 1 nitrogen and oxygen atoms in total. The van der Waals surface area contributed by atoms with E-state index >= 15 is 0 Å². The number of rotatable bonds is 1. The Morgan fingerprint density at radius 2 is 1.67 bits per heavy atom. The number of hydrogen-bond donors (Lipinski definition) is 0. The number of fused-ring (bicyclic) bond motifs is 1. The van der Waals surface area contributed by atoms with Crippen molar-refractivity contribution in [1.82, 2.24) is 4.98 Å². The van der Waals surface area contributed by atoms with Crippen LogP contribution in [0.15, 0.2) is 42.5 Å². The topological polar surface area (TPSA) is 12.9 Å². The van der Waals surface area contributed by atoms with E-state index in [1.807, 2.05) is 0 Å². The Kier molecular flexibility index (Phi) is 2.41. The Hall–Kier alpha value is -1.84. The zero-order valence-electron chi connectivity index (χ0n) is 7.55. The summed E-state index contributed by atoms with van der Waals surface area (Å²) in [6.45, 7) is 0. The average molecular weight is 209 g/mol. The summed E-state index contributed by atoms with van der Waals surface area (Å²) < 4.78 is 36.8. The van der Waals surface area contributed by atoms with Crippen LogP contribution in [0.4, 0.5) is 13.2 Å². The smallest absolute Gasteiger partial charge is 0.245 e. The number of pyridine rings is 1. The molecule has 76 valence electrons. The molecule has 0 radical (unpaired) electrons. The van der Waals surface area contributed by atoms with Gasteiger partial charge in [0.15, 0.2) is 0 Å². The van der Waals surface area contributed by atoms with Gasteiger partial charge < -0.3 is 0 Å². The third kappa shape index (κ3) is 1.83. The van der Waals surface area contributed by atoms with Gasteiger partial charge in [0, 0.05) is 5.39 Å². The predicted molar refractivity (Wildman–Crippen MR) is 52.0 cm³/mol. The van der Waals surface area contributed by atoms with E-state index in [1.54, 1.807) is 30.3 Å². The van der Waals surface area contributed by atoms with Crippen molar-refractivity contribution in [2.75, 3.05) is 0 Å². The molecule has 0 aliphatic carbocycles. The highest BCUT2D eigenvalue weighted by Crippen LogP contribution is 2.22. The van der Waals surface area contributed by atoms with Gasteiger partial charge in [-0.3, -0.25) is 0 Å². The molecule has 0 amide bonds. The second-order valence-corrected chi connectivity index (χ2v) is 2.96. The summed E-state index contributed by atoms with van der Waals surface area (Å²) >= 11 is 0. The maximum Gasteiger partial charge on any atom is 0.307 e. The second kappa shape index (κ2) is 3.73. The van der Waals surface area contributed by atoms with Crippen LogP contribution in [0.25, 0.3) is 16.7 Å². The van der Waals surface area contributed by atoms with Crippen molar-refractivity contribution in [2.24, 2.45) is 0 Å². The van der Waals surface area contributed by atoms with Crippen LogP contribution < -0.4 is 0 Å². The lowest BCUT2D eigenvalue weighted by molar-refractivity contribution is 0.410. The van der Waals surface area contributed by atoms with Crippen LogP contribution in [0.3, 0.4) is 0 Å². The molecular weight excluding hydrogens is 203 g/mol. The van der Waals surface area contributed by atoms with E-state index in [-0.39, 0.29) is 5.69 Å². The van der Waals surface area contributed by atoms with Gasteiger partial charge in [-0.25, -0.2) is 4.98 Å². The van der Waals surface area contributed by atoms with E-state index in [2.05, 4.69) is 4.98 Å². The number of para-hydroxylation sites is 1. The summed E-state index contributed by atoms with van der Waals surface area (Å²) in [7, 11) is 0. The monoisotopic (exact) mass is 209 g/mol. The highest BCUT2D eigenvalue weighted by molar-refractivity contribution is 5.80. The summed E-state index contributed by atoms with van der Waals surface area (Å²) in [5, 5.41) is 0.785. The van der Waals surface area contributed by atoms with Gasteiger partial charge >= 0.3 is 6.08 Å². The maximum absolute atomic E-state index is 12.9. The molecule has 2 aromatic rings. The molecule has 0 fully saturated rings. The quantitative estimate of drug-likeness (QED) is 0.696. The van der Waals surface area contributed by atoms with Crippen molar-refractivity contribution in [2.45, 2.75) is 0 Å². The summed E-state index contributed by atoms with van der Waals surface area (Å²) in [6.07, 6.45) is -2.35. The third-order valence-electron chi connectivity index (χ3n) is 1.99. The minimum Gasteiger partial charge on any atom is -0.245 e. The van der Waals surface area contributed by atoms with Crippen LogP contribution in [0.1, 0.15) is 5.69 Å². The first-order valence-electron chi connectivity index (χ1n) is 4.25. The summed E-state index contributed by atoms with van der Waals surface area (Å²) in [5.74, 6) is -1.57. The molecule has 0 saturated carbocycles. The maximum atomic E-state index is 12.9. The van der Waals surface area contributed by atoms with E-state index in [4.69, 9.17) is 0 Å². The van der Waals surface area contributed by atoms with Crippen molar-refractivity contribution in [3.05, 3.63) is 48.2 Å². The largest absolute Gasteiger partial charge is 0.307 e. The molecule has 1 aromatic heterocycles. The van der Waals surface area contributed by atoms with E-state index in [9.17, 15) is 13.2 Å². The lowest BCUT2D eigenvalue weighted by Crippen LogP contribution is -1.87. The Morgan fingerprint density at radius 3 is 2.40 bits per heavy atom.